The minimum Gasteiger partial charge on any atom is -0.355 e. The van der Waals surface area contributed by atoms with Crippen molar-refractivity contribution in [2.24, 2.45) is 5.92 Å². The number of anilines is 2. The van der Waals surface area contributed by atoms with Gasteiger partial charge in [0.2, 0.25) is 5.91 Å². The zero-order valence-electron chi connectivity index (χ0n) is 17.1. The number of hydrogen-bond donors (Lipinski definition) is 2. The first-order valence-corrected chi connectivity index (χ1v) is 10.3. The molecule has 5 rings (SSSR count). The van der Waals surface area contributed by atoms with Crippen LogP contribution >= 0.6 is 0 Å². The van der Waals surface area contributed by atoms with Crippen LogP contribution in [0.1, 0.15) is 12.8 Å². The number of hydrogen-bond acceptors (Lipinski definition) is 7. The molecule has 32 heavy (non-hydrogen) atoms. The third-order valence-corrected chi connectivity index (χ3v) is 5.47. The van der Waals surface area contributed by atoms with Crippen LogP contribution < -0.4 is 15.8 Å². The molecule has 0 saturated carbocycles. The zero-order valence-corrected chi connectivity index (χ0v) is 17.1. The summed E-state index contributed by atoms with van der Waals surface area (Å²) in [5, 5.41) is 18.3. The molecule has 4 aromatic rings. The van der Waals surface area contributed by atoms with Gasteiger partial charge in [0.25, 0.3) is 5.56 Å². The number of aromatic amines is 1. The lowest BCUT2D eigenvalue weighted by molar-refractivity contribution is -0.120. The molecule has 1 fully saturated rings. The van der Waals surface area contributed by atoms with Gasteiger partial charge in [-0.1, -0.05) is 18.2 Å². The summed E-state index contributed by atoms with van der Waals surface area (Å²) < 4.78 is 2.95. The minimum absolute atomic E-state index is 0.0984. The van der Waals surface area contributed by atoms with Gasteiger partial charge in [-0.05, 0) is 37.1 Å². The number of amides is 1. The highest BCUT2D eigenvalue weighted by molar-refractivity contribution is 5.91. The number of H-pyrrole nitrogens is 1. The van der Waals surface area contributed by atoms with Crippen LogP contribution in [-0.4, -0.2) is 53.7 Å². The monoisotopic (exact) mass is 431 g/mol. The molecule has 2 N–H and O–H groups in total. The average molecular weight is 431 g/mol. The molecule has 11 nitrogen and oxygen atoms in total. The normalized spacial score (nSPS) is 14.4. The maximum atomic E-state index is 12.7. The van der Waals surface area contributed by atoms with E-state index < -0.39 is 0 Å². The Morgan fingerprint density at radius 2 is 1.78 bits per heavy atom. The number of carbonyl (C=O) groups excluding carboxylic acids is 1. The number of carbonyl (C=O) groups is 1. The first-order chi connectivity index (χ1) is 15.7. The molecule has 4 heterocycles. The molecule has 11 heteroatoms. The number of benzene rings is 1. The Labute approximate surface area is 182 Å². The van der Waals surface area contributed by atoms with Gasteiger partial charge in [-0.2, -0.15) is 5.10 Å². The molecule has 1 aliphatic heterocycles. The van der Waals surface area contributed by atoms with Crippen LogP contribution in [0.4, 0.5) is 11.6 Å². The Kier molecular flexibility index (Phi) is 5.20. The molecule has 1 aliphatic rings. The van der Waals surface area contributed by atoms with E-state index in [0.717, 1.165) is 5.82 Å². The second-order valence-electron chi connectivity index (χ2n) is 7.52. The van der Waals surface area contributed by atoms with Crippen LogP contribution in [-0.2, 0) is 4.79 Å². The fraction of sp³-hybridized carbons (Fsp3) is 0.238. The Morgan fingerprint density at radius 3 is 2.47 bits per heavy atom. The van der Waals surface area contributed by atoms with Crippen LogP contribution in [0.5, 0.6) is 0 Å². The summed E-state index contributed by atoms with van der Waals surface area (Å²) in [6.07, 6.45) is 4.37. The molecule has 162 valence electrons. The van der Waals surface area contributed by atoms with Crippen molar-refractivity contribution in [3.63, 3.8) is 0 Å². The second-order valence-corrected chi connectivity index (χ2v) is 7.52. The third kappa shape index (κ3) is 4.00. The Morgan fingerprint density at radius 1 is 1.03 bits per heavy atom. The molecule has 0 radical (unpaired) electrons. The van der Waals surface area contributed by atoms with Crippen molar-refractivity contribution in [3.05, 3.63) is 71.5 Å². The van der Waals surface area contributed by atoms with Gasteiger partial charge in [-0.25, -0.2) is 14.3 Å². The molecule has 0 unspecified atom stereocenters. The first-order valence-electron chi connectivity index (χ1n) is 10.3. The van der Waals surface area contributed by atoms with Gasteiger partial charge < -0.3 is 10.2 Å². The van der Waals surface area contributed by atoms with Crippen molar-refractivity contribution >= 4 is 17.5 Å². The molecule has 3 aromatic heterocycles. The Bertz CT molecular complexity index is 1240. The van der Waals surface area contributed by atoms with Crippen LogP contribution in [0.3, 0.4) is 0 Å². The average Bonchev–Trinajstić information content (AvgIpc) is 3.50. The summed E-state index contributed by atoms with van der Waals surface area (Å²) in [6, 6.07) is 14.3. The molecular formula is C21H21N9O2. The highest BCUT2D eigenvalue weighted by Gasteiger charge is 2.26. The van der Waals surface area contributed by atoms with E-state index in [9.17, 15) is 9.59 Å². The van der Waals surface area contributed by atoms with E-state index in [4.69, 9.17) is 0 Å². The lowest BCUT2D eigenvalue weighted by atomic mass is 9.96. The smallest absolute Gasteiger partial charge is 0.273 e. The quantitative estimate of drug-likeness (QED) is 0.489. The fourth-order valence-electron chi connectivity index (χ4n) is 3.77. The predicted octanol–water partition coefficient (Wildman–Crippen LogP) is 1.39. The van der Waals surface area contributed by atoms with Crippen LogP contribution in [0.2, 0.25) is 0 Å². The number of nitrogens with zero attached hydrogens (tertiary/aromatic N) is 7. The van der Waals surface area contributed by atoms with Crippen LogP contribution in [0.25, 0.3) is 11.5 Å². The standard InChI is InChI=1S/C21H21N9O2/c31-20-12-17(27-30(20)16-4-2-1-3-5-16)24-21(32)15-8-10-28(11-9-15)18-6-7-19(26-25-18)29-14-22-13-23-29/h1-7,12-15,27H,8-11H2,(H,24,32). The van der Waals surface area contributed by atoms with E-state index in [2.05, 4.69) is 35.6 Å². The van der Waals surface area contributed by atoms with Crippen molar-refractivity contribution in [3.8, 4) is 11.5 Å². The summed E-state index contributed by atoms with van der Waals surface area (Å²) in [5.41, 5.74) is 0.483. The summed E-state index contributed by atoms with van der Waals surface area (Å²) in [5.74, 6) is 1.51. The first kappa shape index (κ1) is 19.7. The predicted molar refractivity (Wildman–Crippen MR) is 117 cm³/mol. The van der Waals surface area contributed by atoms with Crippen LogP contribution in [0.15, 0.2) is 66.0 Å². The molecule has 0 aliphatic carbocycles. The highest BCUT2D eigenvalue weighted by atomic mass is 16.2. The Hall–Kier alpha value is -4.28. The summed E-state index contributed by atoms with van der Waals surface area (Å²) in [4.78, 5) is 31.0. The molecule has 1 aromatic carbocycles. The van der Waals surface area contributed by atoms with Gasteiger partial charge in [0.05, 0.1) is 5.69 Å². The van der Waals surface area contributed by atoms with Crippen molar-refractivity contribution < 1.29 is 4.79 Å². The molecule has 1 amide bonds. The second kappa shape index (κ2) is 8.46. The SMILES string of the molecule is O=C(Nc1cc(=O)n(-c2ccccc2)[nH]1)C1CCN(c2ccc(-n3cncn3)nn2)CC1. The number of para-hydroxylation sites is 1. The van der Waals surface area contributed by atoms with Crippen molar-refractivity contribution in [2.45, 2.75) is 12.8 Å². The number of nitrogens with one attached hydrogen (secondary N) is 2. The van der Waals surface area contributed by atoms with E-state index >= 15 is 0 Å². The van der Waals surface area contributed by atoms with Crippen LogP contribution in [0, 0.1) is 5.92 Å². The summed E-state index contributed by atoms with van der Waals surface area (Å²) >= 11 is 0. The van der Waals surface area contributed by atoms with Crippen molar-refractivity contribution in [1.29, 1.82) is 0 Å². The zero-order chi connectivity index (χ0) is 21.9. The van der Waals surface area contributed by atoms with Gasteiger partial charge in [0.1, 0.15) is 18.5 Å². The van der Waals surface area contributed by atoms with Crippen molar-refractivity contribution in [1.82, 2.24) is 34.7 Å². The third-order valence-electron chi connectivity index (χ3n) is 5.47. The van der Waals surface area contributed by atoms with Gasteiger partial charge in [-0.15, -0.1) is 10.2 Å². The number of rotatable bonds is 5. The van der Waals surface area contributed by atoms with E-state index in [1.807, 2.05) is 42.5 Å². The molecule has 0 bridgehead atoms. The highest BCUT2D eigenvalue weighted by Crippen LogP contribution is 2.23. The van der Waals surface area contributed by atoms with E-state index in [-0.39, 0.29) is 17.4 Å². The molecule has 1 saturated heterocycles. The Balaban J connectivity index is 1.19. The summed E-state index contributed by atoms with van der Waals surface area (Å²) in [7, 11) is 0. The van der Waals surface area contributed by atoms with Gasteiger partial charge in [0, 0.05) is 25.1 Å². The maximum absolute atomic E-state index is 12.7. The number of aromatic nitrogens is 7. The van der Waals surface area contributed by atoms with Gasteiger partial charge >= 0.3 is 0 Å². The maximum Gasteiger partial charge on any atom is 0.273 e. The largest absolute Gasteiger partial charge is 0.355 e. The topological polar surface area (TPSA) is 127 Å². The van der Waals surface area contributed by atoms with E-state index in [1.54, 1.807) is 11.0 Å². The summed E-state index contributed by atoms with van der Waals surface area (Å²) in [6.45, 7) is 1.38. The minimum atomic E-state index is -0.228. The van der Waals surface area contributed by atoms with E-state index in [0.29, 0.717) is 43.3 Å². The fourth-order valence-corrected chi connectivity index (χ4v) is 3.77. The molecule has 0 atom stereocenters. The van der Waals surface area contributed by atoms with Gasteiger partial charge in [0.15, 0.2) is 11.6 Å². The number of piperidine rings is 1. The van der Waals surface area contributed by atoms with Gasteiger partial charge in [-0.3, -0.25) is 14.7 Å². The lowest BCUT2D eigenvalue weighted by Gasteiger charge is -2.31. The molecular weight excluding hydrogens is 410 g/mol. The van der Waals surface area contributed by atoms with Crippen molar-refractivity contribution in [2.75, 3.05) is 23.3 Å². The van der Waals surface area contributed by atoms with E-state index in [1.165, 1.54) is 17.1 Å². The molecule has 0 spiro atoms. The lowest BCUT2D eigenvalue weighted by Crippen LogP contribution is -2.38.